The quantitative estimate of drug-likeness (QED) is 0.0818. The van der Waals surface area contributed by atoms with Crippen LogP contribution in [0.4, 0.5) is 0 Å². The number of fused-ring (bicyclic) bond motifs is 5. The van der Waals surface area contributed by atoms with Crippen molar-refractivity contribution in [3.63, 3.8) is 0 Å². The molecule has 0 spiro atoms. The molecule has 4 fully saturated rings. The van der Waals surface area contributed by atoms with Crippen LogP contribution >= 0.6 is 0 Å². The maximum absolute atomic E-state index is 15.7. The third-order valence-corrected chi connectivity index (χ3v) is 14.9. The van der Waals surface area contributed by atoms with Crippen molar-refractivity contribution in [3.05, 3.63) is 119 Å². The number of ketones is 1. The van der Waals surface area contributed by atoms with Gasteiger partial charge in [-0.05, 0) is 54.8 Å². The number of carbonyl (C=O) groups is 5. The van der Waals surface area contributed by atoms with Crippen molar-refractivity contribution in [1.29, 1.82) is 0 Å². The molecule has 0 radical (unpaired) electrons. The minimum absolute atomic E-state index is 0.0280. The molecule has 2 bridgehead atoms. The van der Waals surface area contributed by atoms with Crippen molar-refractivity contribution < 1.29 is 83.0 Å². The van der Waals surface area contributed by atoms with Crippen molar-refractivity contribution in [2.24, 2.45) is 16.7 Å². The van der Waals surface area contributed by atoms with Crippen molar-refractivity contribution in [2.45, 2.75) is 126 Å². The molecule has 3 aliphatic carbocycles. The largest absolute Gasteiger partial charge is 0.456 e. The van der Waals surface area contributed by atoms with E-state index < -0.39 is 138 Å². The number of benzene rings is 3. The van der Waals surface area contributed by atoms with E-state index in [4.69, 9.17) is 28.4 Å². The standard InChI is InChI=1S/C50H57NO17/c1-25-31(65-45(61)38(56)35(27-15-9-6-10-16-27)51-43(59)28-17-11-7-12-18-28)22-50(62)42(67-44(60)29-19-13-8-14-20-29)40-48(5,41(58)37(55)34(25)47(50,3)4)32(21-33-49(40,24-64-33)68-26(2)52)66-46-39(57)36(54)30(53)23-63-46/h6-20,30-33,35-40,42,46,53-57,62H,21-24H2,1-5H3,(H,51,59)/t30-,31+,32-,33-,35+,36+,37+,38-,39-,40+,42+,46-,48+,49+,50+/m1/s1. The average molecular weight is 944 g/mol. The number of rotatable bonds is 11. The summed E-state index contributed by atoms with van der Waals surface area (Å²) in [6.45, 7) is 6.21. The minimum atomic E-state index is -2.47. The van der Waals surface area contributed by atoms with Crippen LogP contribution in [0.1, 0.15) is 79.8 Å². The first-order chi connectivity index (χ1) is 32.2. The molecule has 2 heterocycles. The SMILES string of the molecule is CC(=O)O[C@@]12CO[C@@H]1C[C@@H](O[C@H]1OC[C@@H](O)[C@H](O)[C@H]1O)[C@]1(C)C(=O)[C@@H](O)C3=C(C)[C@@H](OC(=O)[C@H](O)[C@@H](NC(=O)c4ccccc4)c4ccccc4)C[C@](O)([C@@H](OC(=O)c4ccccc4)[C@H]21)C3(C)C. The van der Waals surface area contributed by atoms with Crippen LogP contribution in [0, 0.1) is 16.7 Å². The van der Waals surface area contributed by atoms with E-state index in [1.807, 2.05) is 0 Å². The maximum Gasteiger partial charge on any atom is 0.338 e. The lowest BCUT2D eigenvalue weighted by molar-refractivity contribution is -0.366. The number of hydrogen-bond acceptors (Lipinski definition) is 17. The molecule has 5 aliphatic rings. The smallest absolute Gasteiger partial charge is 0.338 e. The Bertz CT molecular complexity index is 2430. The second kappa shape index (κ2) is 18.5. The van der Waals surface area contributed by atoms with Crippen LogP contribution in [0.25, 0.3) is 0 Å². The summed E-state index contributed by atoms with van der Waals surface area (Å²) in [4.78, 5) is 71.3. The second-order valence-corrected chi connectivity index (χ2v) is 19.1. The summed E-state index contributed by atoms with van der Waals surface area (Å²) >= 11 is 0. The van der Waals surface area contributed by atoms with Crippen LogP contribution in [0.15, 0.2) is 102 Å². The molecule has 8 rings (SSSR count). The molecule has 18 heteroatoms. The van der Waals surface area contributed by atoms with Crippen LogP contribution in [0.5, 0.6) is 0 Å². The fourth-order valence-corrected chi connectivity index (χ4v) is 11.2. The molecular weight excluding hydrogens is 887 g/mol. The van der Waals surface area contributed by atoms with E-state index in [9.17, 15) is 49.8 Å². The summed E-state index contributed by atoms with van der Waals surface area (Å²) in [6.07, 6.45) is -17.8. The van der Waals surface area contributed by atoms with Crippen molar-refractivity contribution in [3.8, 4) is 0 Å². The van der Waals surface area contributed by atoms with E-state index in [0.29, 0.717) is 5.56 Å². The topological polar surface area (TPSA) is 274 Å². The van der Waals surface area contributed by atoms with Gasteiger partial charge in [-0.2, -0.15) is 0 Å². The number of ether oxygens (including phenoxy) is 6. The molecule has 1 amide bonds. The molecule has 364 valence electrons. The van der Waals surface area contributed by atoms with E-state index in [-0.39, 0.29) is 35.3 Å². The van der Waals surface area contributed by atoms with Gasteiger partial charge in [0.2, 0.25) is 0 Å². The predicted octanol–water partition coefficient (Wildman–Crippen LogP) is 1.63. The van der Waals surface area contributed by atoms with Gasteiger partial charge in [0.15, 0.2) is 23.8 Å². The number of hydrogen-bond donors (Lipinski definition) is 7. The Kier molecular flexibility index (Phi) is 13.3. The van der Waals surface area contributed by atoms with Crippen LogP contribution in [-0.2, 0) is 42.8 Å². The highest BCUT2D eigenvalue weighted by Crippen LogP contribution is 2.65. The zero-order chi connectivity index (χ0) is 49.1. The molecule has 7 N–H and O–H groups in total. The zero-order valence-electron chi connectivity index (χ0n) is 38.1. The molecule has 2 saturated heterocycles. The number of Topliss-reactive ketones (excluding diaryl/α,β-unsaturated/α-hetero) is 1. The van der Waals surface area contributed by atoms with Gasteiger partial charge in [-0.1, -0.05) is 80.6 Å². The number of esters is 3. The number of carbonyl (C=O) groups excluding carboxylic acids is 5. The highest BCUT2D eigenvalue weighted by atomic mass is 16.7. The molecule has 15 atom stereocenters. The summed E-state index contributed by atoms with van der Waals surface area (Å²) in [5.41, 5.74) is -7.60. The van der Waals surface area contributed by atoms with E-state index in [2.05, 4.69) is 5.32 Å². The molecule has 68 heavy (non-hydrogen) atoms. The van der Waals surface area contributed by atoms with E-state index in [1.54, 1.807) is 78.9 Å². The van der Waals surface area contributed by atoms with Crippen LogP contribution in [0.2, 0.25) is 0 Å². The lowest BCUT2D eigenvalue weighted by atomic mass is 9.44. The Morgan fingerprint density at radius 1 is 0.824 bits per heavy atom. The van der Waals surface area contributed by atoms with Crippen molar-refractivity contribution >= 4 is 29.6 Å². The Balaban J connectivity index is 1.26. The van der Waals surface area contributed by atoms with Gasteiger partial charge in [0.05, 0.1) is 42.3 Å². The Morgan fingerprint density at radius 2 is 1.43 bits per heavy atom. The zero-order valence-corrected chi connectivity index (χ0v) is 38.1. The van der Waals surface area contributed by atoms with E-state index in [1.165, 1.54) is 39.8 Å². The van der Waals surface area contributed by atoms with Crippen molar-refractivity contribution in [1.82, 2.24) is 5.32 Å². The van der Waals surface area contributed by atoms with Gasteiger partial charge in [-0.3, -0.25) is 14.4 Å². The third kappa shape index (κ3) is 8.14. The normalized spacial score (nSPS) is 36.0. The first kappa shape index (κ1) is 49.0. The molecule has 2 aliphatic heterocycles. The van der Waals surface area contributed by atoms with Crippen LogP contribution in [0.3, 0.4) is 0 Å². The predicted molar refractivity (Wildman–Crippen MR) is 235 cm³/mol. The number of aliphatic hydroxyl groups is 6. The highest BCUT2D eigenvalue weighted by Gasteiger charge is 2.78. The van der Waals surface area contributed by atoms with Gasteiger partial charge in [0.25, 0.3) is 5.91 Å². The summed E-state index contributed by atoms with van der Waals surface area (Å²) in [5.74, 6) is -6.29. The number of nitrogens with one attached hydrogen (secondary N) is 1. The lowest BCUT2D eigenvalue weighted by Gasteiger charge is -2.68. The van der Waals surface area contributed by atoms with E-state index >= 15 is 4.79 Å². The molecule has 3 aromatic carbocycles. The maximum atomic E-state index is 15.7. The Hall–Kier alpha value is -5.41. The fourth-order valence-electron chi connectivity index (χ4n) is 11.2. The van der Waals surface area contributed by atoms with Gasteiger partial charge in [-0.15, -0.1) is 0 Å². The summed E-state index contributed by atoms with van der Waals surface area (Å²) < 4.78 is 36.8. The fraction of sp³-hybridized carbons (Fsp3) is 0.500. The summed E-state index contributed by atoms with van der Waals surface area (Å²) in [5, 5.41) is 72.9. The van der Waals surface area contributed by atoms with Gasteiger partial charge in [0, 0.05) is 30.7 Å². The Labute approximate surface area is 391 Å². The molecular formula is C50H57NO17. The first-order valence-electron chi connectivity index (χ1n) is 22.5. The Morgan fingerprint density at radius 3 is 2.01 bits per heavy atom. The summed E-state index contributed by atoms with van der Waals surface area (Å²) in [6, 6.07) is 22.7. The molecule has 2 saturated carbocycles. The number of amides is 1. The van der Waals surface area contributed by atoms with Gasteiger partial charge >= 0.3 is 17.9 Å². The highest BCUT2D eigenvalue weighted by molar-refractivity contribution is 5.95. The van der Waals surface area contributed by atoms with Crippen LogP contribution < -0.4 is 5.32 Å². The molecule has 0 unspecified atom stereocenters. The van der Waals surface area contributed by atoms with Gasteiger partial charge in [-0.25, -0.2) is 9.59 Å². The third-order valence-electron chi connectivity index (χ3n) is 14.9. The molecule has 18 nitrogen and oxygen atoms in total. The monoisotopic (exact) mass is 943 g/mol. The number of aliphatic hydroxyl groups excluding tert-OH is 5. The van der Waals surface area contributed by atoms with Crippen LogP contribution in [-0.4, -0.2) is 146 Å². The van der Waals surface area contributed by atoms with Gasteiger partial charge in [0.1, 0.15) is 48.3 Å². The average Bonchev–Trinajstić information content (AvgIpc) is 3.31. The van der Waals surface area contributed by atoms with Gasteiger partial charge < -0.3 is 64.4 Å². The molecule has 0 aromatic heterocycles. The van der Waals surface area contributed by atoms with Crippen molar-refractivity contribution in [2.75, 3.05) is 13.2 Å². The minimum Gasteiger partial charge on any atom is -0.456 e. The van der Waals surface area contributed by atoms with E-state index in [0.717, 1.165) is 6.92 Å². The lowest BCUT2D eigenvalue weighted by Crippen LogP contribution is -2.82. The first-order valence-corrected chi connectivity index (χ1v) is 22.5. The second-order valence-electron chi connectivity index (χ2n) is 19.1. The summed E-state index contributed by atoms with van der Waals surface area (Å²) in [7, 11) is 0. The molecule has 3 aromatic rings.